The molecule has 2 aromatic rings. The second-order valence-corrected chi connectivity index (χ2v) is 6.09. The number of hydrogen-bond acceptors (Lipinski definition) is 2. The van der Waals surface area contributed by atoms with Gasteiger partial charge in [-0.25, -0.2) is 0 Å². The first-order valence-corrected chi connectivity index (χ1v) is 7.87. The van der Waals surface area contributed by atoms with E-state index in [2.05, 4.69) is 36.4 Å². The number of rotatable bonds is 3. The zero-order chi connectivity index (χ0) is 14.8. The van der Waals surface area contributed by atoms with Crippen LogP contribution in [0.4, 0.5) is 0 Å². The Labute approximate surface area is 126 Å². The number of benzene rings is 1. The summed E-state index contributed by atoms with van der Waals surface area (Å²) in [5, 5.41) is 4.50. The molecule has 21 heavy (non-hydrogen) atoms. The third-order valence-electron chi connectivity index (χ3n) is 4.61. The van der Waals surface area contributed by atoms with E-state index in [1.165, 1.54) is 48.8 Å². The zero-order valence-electron chi connectivity index (χ0n) is 13.2. The Hall–Kier alpha value is -1.77. The molecule has 0 bridgehead atoms. The van der Waals surface area contributed by atoms with Crippen LogP contribution in [0.3, 0.4) is 0 Å². The fourth-order valence-electron chi connectivity index (χ4n) is 3.53. The number of ether oxygens (including phenoxy) is 1. The molecule has 1 saturated carbocycles. The largest absolute Gasteiger partial charge is 0.497 e. The fourth-order valence-corrected chi connectivity index (χ4v) is 3.53. The van der Waals surface area contributed by atoms with Crippen molar-refractivity contribution in [2.24, 2.45) is 7.05 Å². The van der Waals surface area contributed by atoms with Crippen LogP contribution < -0.4 is 4.74 Å². The molecule has 0 unspecified atom stereocenters. The van der Waals surface area contributed by atoms with E-state index in [1.54, 1.807) is 7.11 Å². The average molecular weight is 284 g/mol. The highest BCUT2D eigenvalue weighted by Gasteiger charge is 2.21. The Bertz CT molecular complexity index is 624. The third kappa shape index (κ3) is 2.82. The summed E-state index contributed by atoms with van der Waals surface area (Å²) >= 11 is 0. The van der Waals surface area contributed by atoms with Crippen molar-refractivity contribution in [3.63, 3.8) is 0 Å². The van der Waals surface area contributed by atoms with Gasteiger partial charge < -0.3 is 4.74 Å². The summed E-state index contributed by atoms with van der Waals surface area (Å²) in [5.41, 5.74) is 5.11. The summed E-state index contributed by atoms with van der Waals surface area (Å²) in [6, 6.07) is 6.50. The normalized spacial score (nSPS) is 16.1. The van der Waals surface area contributed by atoms with Crippen molar-refractivity contribution < 1.29 is 4.74 Å². The summed E-state index contributed by atoms with van der Waals surface area (Å²) < 4.78 is 7.35. The fraction of sp³-hybridized carbons (Fsp3) is 0.500. The van der Waals surface area contributed by atoms with Crippen LogP contribution in [0.2, 0.25) is 0 Å². The minimum atomic E-state index is 0.656. The third-order valence-corrected chi connectivity index (χ3v) is 4.61. The quantitative estimate of drug-likeness (QED) is 0.832. The van der Waals surface area contributed by atoms with Gasteiger partial charge in [0, 0.05) is 18.8 Å². The molecule has 0 radical (unpaired) electrons. The lowest BCUT2D eigenvalue weighted by Gasteiger charge is -2.25. The lowest BCUT2D eigenvalue weighted by atomic mass is 9.81. The molecule has 1 aromatic carbocycles. The van der Waals surface area contributed by atoms with Crippen LogP contribution in [0.15, 0.2) is 24.4 Å². The van der Waals surface area contributed by atoms with Gasteiger partial charge in [0.15, 0.2) is 0 Å². The van der Waals surface area contributed by atoms with Gasteiger partial charge in [0.1, 0.15) is 5.75 Å². The molecule has 0 saturated heterocycles. The molecule has 3 heteroatoms. The Morgan fingerprint density at radius 1 is 1.14 bits per heavy atom. The zero-order valence-corrected chi connectivity index (χ0v) is 13.2. The summed E-state index contributed by atoms with van der Waals surface area (Å²) in [5.74, 6) is 1.62. The van der Waals surface area contributed by atoms with Crippen LogP contribution in [0.25, 0.3) is 11.1 Å². The number of aromatic nitrogens is 2. The lowest BCUT2D eigenvalue weighted by Crippen LogP contribution is -2.06. The molecule has 0 spiro atoms. The molecule has 1 aliphatic rings. The molecule has 3 nitrogen and oxygen atoms in total. The molecule has 1 aromatic heterocycles. The SMILES string of the molecule is COc1ccc(-c2cn(C)nc2C)c(C2CCCCC2)c1. The Balaban J connectivity index is 2.08. The maximum atomic E-state index is 5.45. The van der Waals surface area contributed by atoms with E-state index >= 15 is 0 Å². The van der Waals surface area contributed by atoms with E-state index in [1.807, 2.05) is 11.7 Å². The van der Waals surface area contributed by atoms with E-state index < -0.39 is 0 Å². The predicted octanol–water partition coefficient (Wildman–Crippen LogP) is 4.45. The van der Waals surface area contributed by atoms with Crippen LogP contribution >= 0.6 is 0 Å². The average Bonchev–Trinajstić information content (AvgIpc) is 2.86. The van der Waals surface area contributed by atoms with Gasteiger partial charge in [-0.3, -0.25) is 4.68 Å². The Morgan fingerprint density at radius 2 is 1.90 bits per heavy atom. The smallest absolute Gasteiger partial charge is 0.119 e. The summed E-state index contributed by atoms with van der Waals surface area (Å²) in [6.07, 6.45) is 8.77. The van der Waals surface area contributed by atoms with Gasteiger partial charge in [-0.1, -0.05) is 25.3 Å². The second kappa shape index (κ2) is 5.92. The minimum Gasteiger partial charge on any atom is -0.497 e. The monoisotopic (exact) mass is 284 g/mol. The van der Waals surface area contributed by atoms with Gasteiger partial charge in [0.2, 0.25) is 0 Å². The number of nitrogens with zero attached hydrogens (tertiary/aromatic N) is 2. The van der Waals surface area contributed by atoms with Gasteiger partial charge in [-0.2, -0.15) is 5.10 Å². The molecule has 1 heterocycles. The maximum Gasteiger partial charge on any atom is 0.119 e. The second-order valence-electron chi connectivity index (χ2n) is 6.09. The maximum absolute atomic E-state index is 5.45. The molecule has 0 N–H and O–H groups in total. The number of hydrogen-bond donors (Lipinski definition) is 0. The van der Waals surface area contributed by atoms with Crippen molar-refractivity contribution in [2.75, 3.05) is 7.11 Å². The van der Waals surface area contributed by atoms with Crippen molar-refractivity contribution in [1.82, 2.24) is 9.78 Å². The van der Waals surface area contributed by atoms with Crippen molar-refractivity contribution in [3.8, 4) is 16.9 Å². The van der Waals surface area contributed by atoms with E-state index in [0.717, 1.165) is 11.4 Å². The molecule has 1 fully saturated rings. The molecule has 0 amide bonds. The van der Waals surface area contributed by atoms with E-state index in [9.17, 15) is 0 Å². The molecular weight excluding hydrogens is 260 g/mol. The van der Waals surface area contributed by atoms with Gasteiger partial charge in [-0.15, -0.1) is 0 Å². The summed E-state index contributed by atoms with van der Waals surface area (Å²) in [4.78, 5) is 0. The molecule has 1 aliphatic carbocycles. The highest BCUT2D eigenvalue weighted by atomic mass is 16.5. The Morgan fingerprint density at radius 3 is 2.52 bits per heavy atom. The van der Waals surface area contributed by atoms with Crippen molar-refractivity contribution in [3.05, 3.63) is 35.7 Å². The van der Waals surface area contributed by atoms with Crippen LogP contribution in [0.1, 0.15) is 49.3 Å². The van der Waals surface area contributed by atoms with E-state index in [4.69, 9.17) is 4.74 Å². The molecular formula is C18H24N2O. The molecule has 3 rings (SSSR count). The first kappa shape index (κ1) is 14.2. The Kier molecular flexibility index (Phi) is 4.00. The van der Waals surface area contributed by atoms with Crippen molar-refractivity contribution >= 4 is 0 Å². The van der Waals surface area contributed by atoms with Gasteiger partial charge in [-0.05, 0) is 48.9 Å². The van der Waals surface area contributed by atoms with Gasteiger partial charge in [0.05, 0.1) is 12.8 Å². The highest BCUT2D eigenvalue weighted by molar-refractivity contribution is 5.70. The highest BCUT2D eigenvalue weighted by Crippen LogP contribution is 2.40. The predicted molar refractivity (Wildman–Crippen MR) is 85.8 cm³/mol. The van der Waals surface area contributed by atoms with Crippen molar-refractivity contribution in [2.45, 2.75) is 44.9 Å². The van der Waals surface area contributed by atoms with Crippen LogP contribution in [-0.4, -0.2) is 16.9 Å². The van der Waals surface area contributed by atoms with Crippen molar-refractivity contribution in [1.29, 1.82) is 0 Å². The van der Waals surface area contributed by atoms with Crippen LogP contribution in [0, 0.1) is 6.92 Å². The summed E-state index contributed by atoms with van der Waals surface area (Å²) in [7, 11) is 3.73. The standard InChI is InChI=1S/C18H24N2O/c1-13-18(12-20(2)19-13)16-10-9-15(21-3)11-17(16)14-7-5-4-6-8-14/h9-12,14H,4-8H2,1-3H3. The first-order chi connectivity index (χ1) is 10.2. The molecule has 0 aliphatic heterocycles. The number of aryl methyl sites for hydroxylation is 2. The lowest BCUT2D eigenvalue weighted by molar-refractivity contribution is 0.410. The molecule has 0 atom stereocenters. The van der Waals surface area contributed by atoms with Crippen LogP contribution in [-0.2, 0) is 7.05 Å². The topological polar surface area (TPSA) is 27.1 Å². The first-order valence-electron chi connectivity index (χ1n) is 7.87. The van der Waals surface area contributed by atoms with E-state index in [0.29, 0.717) is 5.92 Å². The van der Waals surface area contributed by atoms with Crippen LogP contribution in [0.5, 0.6) is 5.75 Å². The summed E-state index contributed by atoms with van der Waals surface area (Å²) in [6.45, 7) is 2.09. The number of methoxy groups -OCH3 is 1. The molecule has 112 valence electrons. The van der Waals surface area contributed by atoms with Gasteiger partial charge in [0.25, 0.3) is 0 Å². The minimum absolute atomic E-state index is 0.656. The van der Waals surface area contributed by atoms with Gasteiger partial charge >= 0.3 is 0 Å². The van der Waals surface area contributed by atoms with E-state index in [-0.39, 0.29) is 0 Å².